The second kappa shape index (κ2) is 13.7. The van der Waals surface area contributed by atoms with Crippen molar-refractivity contribution >= 4 is 41.4 Å². The summed E-state index contributed by atoms with van der Waals surface area (Å²) in [5, 5.41) is 23.7. The van der Waals surface area contributed by atoms with Crippen LogP contribution >= 0.6 is 11.8 Å². The number of carbonyl (C=O) groups excluding carboxylic acids is 4. The van der Waals surface area contributed by atoms with E-state index in [1.54, 1.807) is 11.8 Å². The molecular weight excluding hydrogens is 490 g/mol. The van der Waals surface area contributed by atoms with Crippen molar-refractivity contribution in [1.29, 1.82) is 0 Å². The molecule has 0 bridgehead atoms. The van der Waals surface area contributed by atoms with Crippen LogP contribution < -0.4 is 22.1 Å². The van der Waals surface area contributed by atoms with Crippen molar-refractivity contribution in [2.45, 2.75) is 56.3 Å². The number of thioether (sulfide) groups is 1. The van der Waals surface area contributed by atoms with Gasteiger partial charge in [0.15, 0.2) is 0 Å². The van der Waals surface area contributed by atoms with Crippen molar-refractivity contribution in [3.63, 3.8) is 0 Å². The SMILES string of the molecule is CSCCC(N)C(=O)N1CCCC1C(=O)NC(CC(N)=O)C(=O)NC(Cc1ccc(O)cc1)C(=O)O. The Kier molecular flexibility index (Phi) is 11.0. The Morgan fingerprint density at radius 1 is 1.14 bits per heavy atom. The Morgan fingerprint density at radius 2 is 1.81 bits per heavy atom. The number of hydrogen-bond acceptors (Lipinski definition) is 8. The quantitative estimate of drug-likeness (QED) is 0.186. The number of benzene rings is 1. The summed E-state index contributed by atoms with van der Waals surface area (Å²) in [5.41, 5.74) is 11.8. The predicted octanol–water partition coefficient (Wildman–Crippen LogP) is -1.06. The molecular formula is C23H33N5O7S. The van der Waals surface area contributed by atoms with Crippen molar-refractivity contribution < 1.29 is 34.2 Å². The summed E-state index contributed by atoms with van der Waals surface area (Å²) in [7, 11) is 0. The van der Waals surface area contributed by atoms with Gasteiger partial charge in [0.05, 0.1) is 12.5 Å². The zero-order chi connectivity index (χ0) is 26.8. The zero-order valence-electron chi connectivity index (χ0n) is 20.0. The molecule has 0 radical (unpaired) electrons. The number of nitrogens with two attached hydrogens (primary N) is 2. The summed E-state index contributed by atoms with van der Waals surface area (Å²) in [6, 6.07) is 1.36. The number of carboxylic acid groups (broad SMARTS) is 1. The molecule has 0 saturated carbocycles. The first-order chi connectivity index (χ1) is 17.0. The van der Waals surface area contributed by atoms with E-state index in [9.17, 15) is 34.2 Å². The molecule has 1 aliphatic rings. The normalized spacial score (nSPS) is 17.6. The van der Waals surface area contributed by atoms with Crippen molar-refractivity contribution in [3.8, 4) is 5.75 Å². The lowest BCUT2D eigenvalue weighted by Gasteiger charge is -2.28. The summed E-state index contributed by atoms with van der Waals surface area (Å²) in [5.74, 6) is -3.42. The number of hydrogen-bond donors (Lipinski definition) is 6. The number of amides is 4. The van der Waals surface area contributed by atoms with E-state index in [-0.39, 0.29) is 18.1 Å². The molecule has 1 fully saturated rings. The number of nitrogens with one attached hydrogen (secondary N) is 2. The summed E-state index contributed by atoms with van der Waals surface area (Å²) >= 11 is 1.55. The standard InChI is InChI=1S/C23H33N5O7S/c1-36-10-8-15(24)22(33)28-9-2-3-18(28)21(32)26-16(12-19(25)30)20(31)27-17(23(34)35)11-13-4-6-14(29)7-5-13/h4-7,15-18,29H,2-3,8-12,24H2,1H3,(H2,25,30)(H,26,32)(H,27,31)(H,34,35). The third-order valence-corrected chi connectivity index (χ3v) is 6.46. The van der Waals surface area contributed by atoms with Crippen LogP contribution in [0.1, 0.15) is 31.2 Å². The maximum atomic E-state index is 13.0. The first kappa shape index (κ1) is 28.9. The smallest absolute Gasteiger partial charge is 0.326 e. The third kappa shape index (κ3) is 8.41. The molecule has 1 aromatic rings. The van der Waals surface area contributed by atoms with Crippen LogP contribution in [0.4, 0.5) is 0 Å². The number of carboxylic acids is 1. The number of carbonyl (C=O) groups is 5. The molecule has 4 amide bonds. The Bertz CT molecular complexity index is 959. The highest BCUT2D eigenvalue weighted by molar-refractivity contribution is 7.98. The monoisotopic (exact) mass is 523 g/mol. The number of nitrogens with zero attached hydrogens (tertiary/aromatic N) is 1. The van der Waals surface area contributed by atoms with Gasteiger partial charge in [-0.3, -0.25) is 19.2 Å². The van der Waals surface area contributed by atoms with Gasteiger partial charge >= 0.3 is 5.97 Å². The van der Waals surface area contributed by atoms with E-state index in [4.69, 9.17) is 11.5 Å². The van der Waals surface area contributed by atoms with Crippen LogP contribution in [0.15, 0.2) is 24.3 Å². The lowest BCUT2D eigenvalue weighted by molar-refractivity contribution is -0.143. The van der Waals surface area contributed by atoms with Gasteiger partial charge in [0.2, 0.25) is 23.6 Å². The van der Waals surface area contributed by atoms with Gasteiger partial charge in [-0.25, -0.2) is 4.79 Å². The van der Waals surface area contributed by atoms with Crippen LogP contribution in [0.25, 0.3) is 0 Å². The zero-order valence-corrected chi connectivity index (χ0v) is 20.8. The minimum absolute atomic E-state index is 0.00328. The number of phenolic OH excluding ortho intramolecular Hbond substituents is 1. The van der Waals surface area contributed by atoms with Gasteiger partial charge in [-0.2, -0.15) is 11.8 Å². The molecule has 1 saturated heterocycles. The van der Waals surface area contributed by atoms with Crippen LogP contribution in [0.2, 0.25) is 0 Å². The van der Waals surface area contributed by atoms with Gasteiger partial charge in [0, 0.05) is 13.0 Å². The molecule has 0 aromatic heterocycles. The lowest BCUT2D eigenvalue weighted by Crippen LogP contribution is -2.57. The van der Waals surface area contributed by atoms with Crippen molar-refractivity contribution in [3.05, 3.63) is 29.8 Å². The molecule has 4 unspecified atom stereocenters. The fourth-order valence-corrected chi connectivity index (χ4v) is 4.39. The number of likely N-dealkylation sites (tertiary alicyclic amines) is 1. The van der Waals surface area contributed by atoms with E-state index in [0.717, 1.165) is 0 Å². The van der Waals surface area contributed by atoms with Gasteiger partial charge in [-0.15, -0.1) is 0 Å². The first-order valence-electron chi connectivity index (χ1n) is 11.5. The van der Waals surface area contributed by atoms with Crippen LogP contribution in [-0.2, 0) is 30.4 Å². The highest BCUT2D eigenvalue weighted by atomic mass is 32.2. The van der Waals surface area contributed by atoms with Gasteiger partial charge in [-0.05, 0) is 49.0 Å². The first-order valence-corrected chi connectivity index (χ1v) is 12.9. The molecule has 198 valence electrons. The van der Waals surface area contributed by atoms with Crippen molar-refractivity contribution in [2.75, 3.05) is 18.6 Å². The molecule has 1 aromatic carbocycles. The molecule has 36 heavy (non-hydrogen) atoms. The molecule has 13 heteroatoms. The molecule has 0 spiro atoms. The Morgan fingerprint density at radius 3 is 2.39 bits per heavy atom. The number of primary amides is 1. The lowest BCUT2D eigenvalue weighted by atomic mass is 10.0. The molecule has 4 atom stereocenters. The fraction of sp³-hybridized carbons (Fsp3) is 0.522. The fourth-order valence-electron chi connectivity index (χ4n) is 3.90. The third-order valence-electron chi connectivity index (χ3n) is 5.82. The second-order valence-corrected chi connectivity index (χ2v) is 9.56. The molecule has 1 heterocycles. The Hall–Kier alpha value is -3.32. The number of aromatic hydroxyl groups is 1. The average molecular weight is 524 g/mol. The van der Waals surface area contributed by atoms with Crippen LogP contribution in [-0.4, -0.2) is 87.4 Å². The van der Waals surface area contributed by atoms with Crippen LogP contribution in [0.5, 0.6) is 5.75 Å². The number of rotatable bonds is 13. The minimum atomic E-state index is -1.43. The highest BCUT2D eigenvalue weighted by Crippen LogP contribution is 2.20. The number of aliphatic carboxylic acids is 1. The van der Waals surface area contributed by atoms with E-state index in [1.807, 2.05) is 6.26 Å². The van der Waals surface area contributed by atoms with Gasteiger partial charge < -0.3 is 37.2 Å². The van der Waals surface area contributed by atoms with E-state index < -0.39 is 54.3 Å². The minimum Gasteiger partial charge on any atom is -0.508 e. The highest BCUT2D eigenvalue weighted by Gasteiger charge is 2.38. The second-order valence-electron chi connectivity index (χ2n) is 8.58. The molecule has 1 aliphatic heterocycles. The molecule has 12 nitrogen and oxygen atoms in total. The van der Waals surface area contributed by atoms with Crippen LogP contribution in [0, 0.1) is 0 Å². The molecule has 8 N–H and O–H groups in total. The van der Waals surface area contributed by atoms with Gasteiger partial charge in [-0.1, -0.05) is 12.1 Å². The van der Waals surface area contributed by atoms with E-state index in [2.05, 4.69) is 10.6 Å². The molecule has 0 aliphatic carbocycles. The summed E-state index contributed by atoms with van der Waals surface area (Å²) in [6.07, 6.45) is 2.62. The van der Waals surface area contributed by atoms with Crippen molar-refractivity contribution in [2.24, 2.45) is 11.5 Å². The summed E-state index contributed by atoms with van der Waals surface area (Å²) in [6.45, 7) is 0.338. The van der Waals surface area contributed by atoms with E-state index in [0.29, 0.717) is 37.1 Å². The average Bonchev–Trinajstić information content (AvgIpc) is 3.32. The Labute approximate surface area is 213 Å². The van der Waals surface area contributed by atoms with E-state index in [1.165, 1.54) is 29.2 Å². The summed E-state index contributed by atoms with van der Waals surface area (Å²) < 4.78 is 0. The Balaban J connectivity index is 2.10. The largest absolute Gasteiger partial charge is 0.508 e. The molecule has 2 rings (SSSR count). The maximum absolute atomic E-state index is 13.0. The van der Waals surface area contributed by atoms with Crippen LogP contribution in [0.3, 0.4) is 0 Å². The maximum Gasteiger partial charge on any atom is 0.326 e. The van der Waals surface area contributed by atoms with Crippen molar-refractivity contribution in [1.82, 2.24) is 15.5 Å². The van der Waals surface area contributed by atoms with Gasteiger partial charge in [0.25, 0.3) is 0 Å². The number of phenols is 1. The predicted molar refractivity (Wildman–Crippen MR) is 133 cm³/mol. The van der Waals surface area contributed by atoms with E-state index >= 15 is 0 Å². The summed E-state index contributed by atoms with van der Waals surface area (Å²) in [4.78, 5) is 63.4. The van der Waals surface area contributed by atoms with Gasteiger partial charge in [0.1, 0.15) is 23.9 Å². The topological polar surface area (TPSA) is 205 Å².